The quantitative estimate of drug-likeness (QED) is 0.454. The summed E-state index contributed by atoms with van der Waals surface area (Å²) >= 11 is 6.20. The molecule has 0 aliphatic rings. The lowest BCUT2D eigenvalue weighted by atomic mass is 10.1. The van der Waals surface area contributed by atoms with Crippen molar-refractivity contribution in [3.63, 3.8) is 0 Å². The largest absolute Gasteiger partial charge is 0.487 e. The molecule has 100 valence electrons. The maximum atomic E-state index is 11.0. The highest BCUT2D eigenvalue weighted by Gasteiger charge is 2.19. The van der Waals surface area contributed by atoms with Crippen LogP contribution < -0.4 is 4.74 Å². The molecule has 0 aromatic heterocycles. The van der Waals surface area contributed by atoms with Crippen molar-refractivity contribution in [1.82, 2.24) is 4.90 Å². The average molecular weight is 273 g/mol. The van der Waals surface area contributed by atoms with Gasteiger partial charge in [0.2, 0.25) is 0 Å². The number of halogens is 1. The van der Waals surface area contributed by atoms with Gasteiger partial charge in [0.15, 0.2) is 5.75 Å². The molecule has 1 atom stereocenters. The van der Waals surface area contributed by atoms with Crippen LogP contribution in [0.2, 0.25) is 0 Å². The summed E-state index contributed by atoms with van der Waals surface area (Å²) in [7, 11) is 3.80. The van der Waals surface area contributed by atoms with Gasteiger partial charge in [-0.05, 0) is 32.6 Å². The Hall–Kier alpha value is -1.33. The Labute approximate surface area is 111 Å². The second-order valence-corrected chi connectivity index (χ2v) is 4.67. The standard InChI is InChI=1S/C12H17ClN2O3/c1-4-18-12-6-5-9(7-11(12)15(16)17)10(13)8-14(2)3/h5-7,10H,4,8H2,1-3H3. The number of nitro benzene ring substituents is 1. The van der Waals surface area contributed by atoms with Crippen molar-refractivity contribution >= 4 is 17.3 Å². The number of alkyl halides is 1. The van der Waals surface area contributed by atoms with Crippen LogP contribution in [-0.2, 0) is 0 Å². The third kappa shape index (κ3) is 3.85. The molecule has 0 heterocycles. The number of hydrogen-bond acceptors (Lipinski definition) is 4. The highest BCUT2D eigenvalue weighted by atomic mass is 35.5. The molecule has 0 bridgehead atoms. The van der Waals surface area contributed by atoms with Gasteiger partial charge in [0.25, 0.3) is 0 Å². The highest BCUT2D eigenvalue weighted by Crippen LogP contribution is 2.32. The topological polar surface area (TPSA) is 55.6 Å². The van der Waals surface area contributed by atoms with E-state index in [1.807, 2.05) is 19.0 Å². The normalized spacial score (nSPS) is 12.5. The second kappa shape index (κ2) is 6.56. The SMILES string of the molecule is CCOc1ccc(C(Cl)CN(C)C)cc1[N+](=O)[O-]. The van der Waals surface area contributed by atoms with E-state index in [-0.39, 0.29) is 16.8 Å². The van der Waals surface area contributed by atoms with Gasteiger partial charge in [0.05, 0.1) is 16.9 Å². The Morgan fingerprint density at radius 2 is 2.17 bits per heavy atom. The zero-order valence-electron chi connectivity index (χ0n) is 10.7. The molecule has 0 aliphatic heterocycles. The summed E-state index contributed by atoms with van der Waals surface area (Å²) in [4.78, 5) is 12.4. The summed E-state index contributed by atoms with van der Waals surface area (Å²) in [6.45, 7) is 2.79. The Balaban J connectivity index is 3.02. The van der Waals surface area contributed by atoms with Gasteiger partial charge in [0.1, 0.15) is 0 Å². The fourth-order valence-electron chi connectivity index (χ4n) is 1.58. The van der Waals surface area contributed by atoms with Crippen LogP contribution in [0.25, 0.3) is 0 Å². The molecule has 1 unspecified atom stereocenters. The number of rotatable bonds is 6. The summed E-state index contributed by atoms with van der Waals surface area (Å²) in [5.74, 6) is 0.278. The molecule has 1 aromatic rings. The first-order valence-corrected chi connectivity index (χ1v) is 6.09. The molecule has 5 nitrogen and oxygen atoms in total. The number of likely N-dealkylation sites (N-methyl/N-ethyl adjacent to an activating group) is 1. The van der Waals surface area contributed by atoms with Crippen molar-refractivity contribution in [2.45, 2.75) is 12.3 Å². The van der Waals surface area contributed by atoms with Crippen LogP contribution in [0, 0.1) is 10.1 Å². The third-order valence-corrected chi connectivity index (χ3v) is 2.76. The first kappa shape index (κ1) is 14.7. The first-order chi connectivity index (χ1) is 8.45. The molecule has 0 saturated carbocycles. The maximum Gasteiger partial charge on any atom is 0.311 e. The van der Waals surface area contributed by atoms with Crippen LogP contribution in [0.5, 0.6) is 5.75 Å². The zero-order valence-corrected chi connectivity index (χ0v) is 11.5. The molecule has 0 aliphatic carbocycles. The van der Waals surface area contributed by atoms with E-state index in [2.05, 4.69) is 0 Å². The van der Waals surface area contributed by atoms with Gasteiger partial charge in [-0.15, -0.1) is 11.6 Å². The predicted molar refractivity (Wildman–Crippen MR) is 71.4 cm³/mol. The molecule has 0 amide bonds. The lowest BCUT2D eigenvalue weighted by molar-refractivity contribution is -0.385. The average Bonchev–Trinajstić information content (AvgIpc) is 2.28. The Morgan fingerprint density at radius 3 is 2.67 bits per heavy atom. The van der Waals surface area contributed by atoms with Crippen molar-refractivity contribution in [3.05, 3.63) is 33.9 Å². The van der Waals surface area contributed by atoms with E-state index in [9.17, 15) is 10.1 Å². The van der Waals surface area contributed by atoms with Crippen molar-refractivity contribution in [1.29, 1.82) is 0 Å². The van der Waals surface area contributed by atoms with Gasteiger partial charge in [0, 0.05) is 12.6 Å². The maximum absolute atomic E-state index is 11.0. The molecule has 0 fully saturated rings. The Kier molecular flexibility index (Phi) is 5.37. The molecule has 0 spiro atoms. The number of benzene rings is 1. The minimum Gasteiger partial charge on any atom is -0.487 e. The molecule has 1 rings (SSSR count). The van der Waals surface area contributed by atoms with Crippen molar-refractivity contribution < 1.29 is 9.66 Å². The van der Waals surface area contributed by atoms with Crippen molar-refractivity contribution in [3.8, 4) is 5.75 Å². The minimum atomic E-state index is -0.451. The molecule has 0 N–H and O–H groups in total. The van der Waals surface area contributed by atoms with Gasteiger partial charge in [-0.3, -0.25) is 10.1 Å². The molecule has 1 aromatic carbocycles. The summed E-state index contributed by atoms with van der Waals surface area (Å²) in [5.41, 5.74) is 0.680. The third-order valence-electron chi connectivity index (χ3n) is 2.37. The summed E-state index contributed by atoms with van der Waals surface area (Å²) in [6, 6.07) is 4.84. The number of ether oxygens (including phenoxy) is 1. The lowest BCUT2D eigenvalue weighted by Crippen LogP contribution is -2.17. The molecular weight excluding hydrogens is 256 g/mol. The van der Waals surface area contributed by atoms with Crippen LogP contribution in [0.1, 0.15) is 17.9 Å². The zero-order chi connectivity index (χ0) is 13.7. The summed E-state index contributed by atoms with van der Waals surface area (Å²) in [5, 5.41) is 10.7. The minimum absolute atomic E-state index is 0.0428. The van der Waals surface area contributed by atoms with Crippen LogP contribution in [-0.4, -0.2) is 37.1 Å². The van der Waals surface area contributed by atoms with E-state index >= 15 is 0 Å². The number of nitrogens with zero attached hydrogens (tertiary/aromatic N) is 2. The van der Waals surface area contributed by atoms with Gasteiger partial charge < -0.3 is 9.64 Å². The van der Waals surface area contributed by atoms with E-state index in [4.69, 9.17) is 16.3 Å². The number of hydrogen-bond donors (Lipinski definition) is 0. The van der Waals surface area contributed by atoms with Gasteiger partial charge >= 0.3 is 5.69 Å². The van der Waals surface area contributed by atoms with Gasteiger partial charge in [-0.1, -0.05) is 6.07 Å². The Morgan fingerprint density at radius 1 is 1.50 bits per heavy atom. The fourth-order valence-corrected chi connectivity index (χ4v) is 1.99. The van der Waals surface area contributed by atoms with Crippen molar-refractivity contribution in [2.24, 2.45) is 0 Å². The molecule has 6 heteroatoms. The van der Waals surface area contributed by atoms with Crippen LogP contribution in [0.15, 0.2) is 18.2 Å². The second-order valence-electron chi connectivity index (χ2n) is 4.15. The van der Waals surface area contributed by atoms with Crippen LogP contribution in [0.4, 0.5) is 5.69 Å². The fraction of sp³-hybridized carbons (Fsp3) is 0.500. The van der Waals surface area contributed by atoms with Crippen LogP contribution in [0.3, 0.4) is 0 Å². The van der Waals surface area contributed by atoms with Gasteiger partial charge in [-0.2, -0.15) is 0 Å². The van der Waals surface area contributed by atoms with Crippen molar-refractivity contribution in [2.75, 3.05) is 27.2 Å². The van der Waals surface area contributed by atoms with Gasteiger partial charge in [-0.25, -0.2) is 0 Å². The lowest BCUT2D eigenvalue weighted by Gasteiger charge is -2.15. The summed E-state index contributed by atoms with van der Waals surface area (Å²) < 4.78 is 5.22. The monoisotopic (exact) mass is 272 g/mol. The smallest absolute Gasteiger partial charge is 0.311 e. The molecule has 0 radical (unpaired) electrons. The van der Waals surface area contributed by atoms with E-state index < -0.39 is 4.92 Å². The Bertz CT molecular complexity index is 424. The van der Waals surface area contributed by atoms with Crippen LogP contribution >= 0.6 is 11.6 Å². The highest BCUT2D eigenvalue weighted by molar-refractivity contribution is 6.21. The predicted octanol–water partition coefficient (Wildman–Crippen LogP) is 2.84. The molecule has 0 saturated heterocycles. The number of nitro groups is 1. The molecular formula is C12H17ClN2O3. The van der Waals surface area contributed by atoms with E-state index in [0.29, 0.717) is 13.2 Å². The van der Waals surface area contributed by atoms with E-state index in [0.717, 1.165) is 5.56 Å². The molecule has 18 heavy (non-hydrogen) atoms. The first-order valence-electron chi connectivity index (χ1n) is 5.65. The summed E-state index contributed by atoms with van der Waals surface area (Å²) in [6.07, 6.45) is 0. The van der Waals surface area contributed by atoms with E-state index in [1.54, 1.807) is 19.1 Å². The van der Waals surface area contributed by atoms with E-state index in [1.165, 1.54) is 6.07 Å².